The molecule has 44 heavy (non-hydrogen) atoms. The van der Waals surface area contributed by atoms with Crippen molar-refractivity contribution in [2.24, 2.45) is 0 Å². The highest BCUT2D eigenvalue weighted by atomic mass is 16.5. The number of rotatable bonds is 13. The lowest BCUT2D eigenvalue weighted by Gasteiger charge is -2.18. The SMILES string of the molecule is O=c1c(OCC(O)/C(O)=C(\O)C(O)COCC(O)/C(O)=C(\O)C(O)CO)c(-c2ccc(O)c(O)c2)oc2cc(O)cc(O)c12. The first-order chi connectivity index (χ1) is 20.7. The van der Waals surface area contributed by atoms with Crippen LogP contribution in [0.3, 0.4) is 0 Å². The molecule has 0 bridgehead atoms. The zero-order chi connectivity index (χ0) is 32.9. The third-order valence-corrected chi connectivity index (χ3v) is 6.05. The number of fused-ring (bicyclic) bond motifs is 1. The second kappa shape index (κ2) is 14.0. The van der Waals surface area contributed by atoms with E-state index >= 15 is 0 Å². The van der Waals surface area contributed by atoms with Crippen LogP contribution in [0, 0.1) is 0 Å². The molecular formula is C27H30O17. The highest BCUT2D eigenvalue weighted by Crippen LogP contribution is 2.38. The summed E-state index contributed by atoms with van der Waals surface area (Å²) in [6, 6.07) is 5.12. The molecule has 0 aliphatic heterocycles. The summed E-state index contributed by atoms with van der Waals surface area (Å²) >= 11 is 0. The largest absolute Gasteiger partial charge is 0.508 e. The normalized spacial score (nSPS) is 15.7. The van der Waals surface area contributed by atoms with Crippen LogP contribution < -0.4 is 10.2 Å². The Morgan fingerprint density at radius 1 is 0.705 bits per heavy atom. The van der Waals surface area contributed by atoms with Gasteiger partial charge in [0.2, 0.25) is 11.2 Å². The highest BCUT2D eigenvalue weighted by Gasteiger charge is 2.26. The van der Waals surface area contributed by atoms with Crippen molar-refractivity contribution in [3.8, 4) is 40.1 Å². The predicted molar refractivity (Wildman–Crippen MR) is 147 cm³/mol. The quantitative estimate of drug-likeness (QED) is 0.0860. The Balaban J connectivity index is 1.81. The number of phenols is 4. The van der Waals surface area contributed by atoms with Crippen LogP contribution in [0.4, 0.5) is 0 Å². The maximum absolute atomic E-state index is 13.3. The summed E-state index contributed by atoms with van der Waals surface area (Å²) in [6.07, 6.45) is -7.94. The fourth-order valence-corrected chi connectivity index (χ4v) is 3.71. The molecule has 0 amide bonds. The van der Waals surface area contributed by atoms with Crippen LogP contribution in [-0.4, -0.2) is 117 Å². The maximum atomic E-state index is 13.3. The number of hydrogen-bond donors (Lipinski definition) is 13. The molecule has 4 unspecified atom stereocenters. The van der Waals surface area contributed by atoms with E-state index in [0.717, 1.165) is 24.3 Å². The number of aliphatic hydroxyl groups is 9. The molecule has 4 atom stereocenters. The van der Waals surface area contributed by atoms with Gasteiger partial charge in [0, 0.05) is 17.7 Å². The van der Waals surface area contributed by atoms with Gasteiger partial charge in [-0.3, -0.25) is 4.79 Å². The Morgan fingerprint density at radius 3 is 1.80 bits per heavy atom. The fourth-order valence-electron chi connectivity index (χ4n) is 3.71. The van der Waals surface area contributed by atoms with Crippen molar-refractivity contribution in [2.75, 3.05) is 26.4 Å². The van der Waals surface area contributed by atoms with Crippen LogP contribution in [0.1, 0.15) is 0 Å². The predicted octanol–water partition coefficient (Wildman–Crippen LogP) is -0.231. The Kier molecular flexibility index (Phi) is 10.7. The van der Waals surface area contributed by atoms with Crippen molar-refractivity contribution in [1.29, 1.82) is 0 Å². The second-order valence-corrected chi connectivity index (χ2v) is 9.27. The number of aliphatic hydroxyl groups excluding tert-OH is 9. The van der Waals surface area contributed by atoms with Gasteiger partial charge in [-0.05, 0) is 18.2 Å². The zero-order valence-electron chi connectivity index (χ0n) is 22.5. The molecule has 0 radical (unpaired) electrons. The van der Waals surface area contributed by atoms with E-state index < -0.39 is 119 Å². The fraction of sp³-hybridized carbons (Fsp3) is 0.296. The molecule has 1 aromatic heterocycles. The molecule has 1 heterocycles. The first-order valence-electron chi connectivity index (χ1n) is 12.5. The minimum Gasteiger partial charge on any atom is -0.508 e. The number of aromatic hydroxyl groups is 4. The van der Waals surface area contributed by atoms with Gasteiger partial charge in [0.1, 0.15) is 53.5 Å². The van der Waals surface area contributed by atoms with Crippen LogP contribution in [0.2, 0.25) is 0 Å². The number of ether oxygens (including phenoxy) is 2. The van der Waals surface area contributed by atoms with E-state index in [1.54, 1.807) is 0 Å². The van der Waals surface area contributed by atoms with Crippen molar-refractivity contribution >= 4 is 11.0 Å². The summed E-state index contributed by atoms with van der Waals surface area (Å²) in [5.74, 6) is -8.10. The van der Waals surface area contributed by atoms with Crippen LogP contribution in [-0.2, 0) is 4.74 Å². The minimum atomic E-state index is -2.11. The minimum absolute atomic E-state index is 0.0379. The monoisotopic (exact) mass is 626 g/mol. The van der Waals surface area contributed by atoms with Crippen LogP contribution >= 0.6 is 0 Å². The third kappa shape index (κ3) is 7.35. The summed E-state index contributed by atoms with van der Waals surface area (Å²) in [7, 11) is 0. The van der Waals surface area contributed by atoms with E-state index in [1.807, 2.05) is 0 Å². The van der Waals surface area contributed by atoms with E-state index in [2.05, 4.69) is 0 Å². The van der Waals surface area contributed by atoms with Gasteiger partial charge in [0.25, 0.3) is 0 Å². The molecule has 0 fully saturated rings. The molecule has 240 valence electrons. The molecule has 3 rings (SSSR count). The van der Waals surface area contributed by atoms with Crippen molar-refractivity contribution < 1.29 is 80.3 Å². The molecule has 0 saturated carbocycles. The lowest BCUT2D eigenvalue weighted by atomic mass is 10.1. The third-order valence-electron chi connectivity index (χ3n) is 6.05. The van der Waals surface area contributed by atoms with Gasteiger partial charge in [0.05, 0.1) is 19.8 Å². The summed E-state index contributed by atoms with van der Waals surface area (Å²) < 4.78 is 15.9. The Morgan fingerprint density at radius 2 is 1.25 bits per heavy atom. The second-order valence-electron chi connectivity index (χ2n) is 9.27. The topological polar surface area (TPSA) is 312 Å². The van der Waals surface area contributed by atoms with Gasteiger partial charge in [-0.2, -0.15) is 0 Å². The summed E-state index contributed by atoms with van der Waals surface area (Å²) in [5, 5.41) is 127. The van der Waals surface area contributed by atoms with Crippen molar-refractivity contribution in [2.45, 2.75) is 24.4 Å². The van der Waals surface area contributed by atoms with Gasteiger partial charge >= 0.3 is 0 Å². The average Bonchev–Trinajstić information content (AvgIpc) is 2.98. The van der Waals surface area contributed by atoms with Gasteiger partial charge in [-0.15, -0.1) is 0 Å². The number of benzene rings is 2. The van der Waals surface area contributed by atoms with Crippen LogP contribution in [0.15, 0.2) is 62.6 Å². The van der Waals surface area contributed by atoms with Crippen LogP contribution in [0.25, 0.3) is 22.3 Å². The molecule has 17 heteroatoms. The van der Waals surface area contributed by atoms with Crippen molar-refractivity contribution in [3.05, 3.63) is 63.6 Å². The van der Waals surface area contributed by atoms with E-state index in [-0.39, 0.29) is 11.1 Å². The molecule has 2 aromatic carbocycles. The average molecular weight is 627 g/mol. The van der Waals surface area contributed by atoms with Crippen molar-refractivity contribution in [3.63, 3.8) is 0 Å². The van der Waals surface area contributed by atoms with Gasteiger partial charge in [0.15, 0.2) is 40.3 Å². The molecule has 0 aliphatic carbocycles. The molecule has 0 spiro atoms. The zero-order valence-corrected chi connectivity index (χ0v) is 22.5. The van der Waals surface area contributed by atoms with E-state index in [1.165, 1.54) is 6.07 Å². The summed E-state index contributed by atoms with van der Waals surface area (Å²) in [4.78, 5) is 13.3. The summed E-state index contributed by atoms with van der Waals surface area (Å²) in [6.45, 7) is -3.58. The molecule has 13 N–H and O–H groups in total. The first kappa shape index (κ1) is 33.6. The Labute approximate surface area is 246 Å². The maximum Gasteiger partial charge on any atom is 0.239 e. The van der Waals surface area contributed by atoms with E-state index in [0.29, 0.717) is 0 Å². The number of phenolic OH excluding ortho intramolecular Hbond substituents is 4. The Bertz CT molecular complexity index is 1610. The molecule has 0 aliphatic rings. The van der Waals surface area contributed by atoms with Gasteiger partial charge in [-0.25, -0.2) is 0 Å². The van der Waals surface area contributed by atoms with Crippen molar-refractivity contribution in [1.82, 2.24) is 0 Å². The van der Waals surface area contributed by atoms with Gasteiger partial charge < -0.3 is 80.3 Å². The lowest BCUT2D eigenvalue weighted by molar-refractivity contribution is -0.0165. The standard InChI is InChI=1S/C27H30O17/c28-6-15(33)21(37)22(38)16(34)7-42-8-17(35)23(39)24(40)18(36)9-43-27-25(41)20-14(32)4-11(29)5-19(20)44-26(27)10-1-2-12(30)13(31)3-10/h1-5,15-18,28-40H,6-9H2/b22-21+,24-23+. The lowest BCUT2D eigenvalue weighted by Crippen LogP contribution is -2.29. The van der Waals surface area contributed by atoms with Crippen LogP contribution in [0.5, 0.6) is 28.7 Å². The molecule has 3 aromatic rings. The molecular weight excluding hydrogens is 596 g/mol. The Hall–Kier alpha value is -4.91. The summed E-state index contributed by atoms with van der Waals surface area (Å²) in [5.41, 5.74) is -1.36. The molecule has 17 nitrogen and oxygen atoms in total. The smallest absolute Gasteiger partial charge is 0.239 e. The first-order valence-corrected chi connectivity index (χ1v) is 12.5. The van der Waals surface area contributed by atoms with E-state index in [4.69, 9.17) is 19.0 Å². The molecule has 0 saturated heterocycles. The highest BCUT2D eigenvalue weighted by molar-refractivity contribution is 5.88. The van der Waals surface area contributed by atoms with E-state index in [9.17, 15) is 66.1 Å². The number of hydrogen-bond acceptors (Lipinski definition) is 17. The van der Waals surface area contributed by atoms with Gasteiger partial charge in [-0.1, -0.05) is 0 Å².